The standard InChI is InChI=1S/C5H8F2/c1-3-4(2)5(6)7/h3-5H,1H2,2H3/t4-/m0/s1. The van der Waals surface area contributed by atoms with Crippen LogP contribution in [0.25, 0.3) is 0 Å². The van der Waals surface area contributed by atoms with Crippen LogP contribution in [0.5, 0.6) is 0 Å². The molecule has 0 saturated carbocycles. The third-order valence-corrected chi connectivity index (χ3v) is 0.769. The van der Waals surface area contributed by atoms with Gasteiger partial charge in [0.05, 0.1) is 0 Å². The van der Waals surface area contributed by atoms with E-state index >= 15 is 0 Å². The average Bonchev–Trinajstić information content (AvgIpc) is 1.65. The second kappa shape index (κ2) is 2.72. The van der Waals surface area contributed by atoms with Crippen LogP contribution in [-0.4, -0.2) is 6.43 Å². The average molecular weight is 106 g/mol. The second-order valence-electron chi connectivity index (χ2n) is 1.43. The van der Waals surface area contributed by atoms with Gasteiger partial charge in [0.25, 0.3) is 0 Å². The highest BCUT2D eigenvalue weighted by Gasteiger charge is 2.08. The van der Waals surface area contributed by atoms with Gasteiger partial charge >= 0.3 is 0 Å². The van der Waals surface area contributed by atoms with E-state index in [9.17, 15) is 8.78 Å². The summed E-state index contributed by atoms with van der Waals surface area (Å²) in [4.78, 5) is 0. The Labute approximate surface area is 41.8 Å². The molecular weight excluding hydrogens is 98.1 g/mol. The minimum atomic E-state index is -2.25. The first-order valence-electron chi connectivity index (χ1n) is 2.09. The monoisotopic (exact) mass is 106 g/mol. The van der Waals surface area contributed by atoms with Gasteiger partial charge in [-0.1, -0.05) is 13.0 Å². The molecule has 0 rings (SSSR count). The Bertz CT molecular complexity index is 59.1. The zero-order valence-electron chi connectivity index (χ0n) is 4.20. The van der Waals surface area contributed by atoms with Crippen LogP contribution < -0.4 is 0 Å². The lowest BCUT2D eigenvalue weighted by molar-refractivity contribution is 0.109. The third-order valence-electron chi connectivity index (χ3n) is 0.769. The van der Waals surface area contributed by atoms with Crippen LogP contribution >= 0.6 is 0 Å². The van der Waals surface area contributed by atoms with Crippen LogP contribution in [-0.2, 0) is 0 Å². The van der Waals surface area contributed by atoms with Crippen molar-refractivity contribution in [1.29, 1.82) is 0 Å². The van der Waals surface area contributed by atoms with Gasteiger partial charge in [-0.2, -0.15) is 0 Å². The maximum atomic E-state index is 11.4. The van der Waals surface area contributed by atoms with E-state index in [1.54, 1.807) is 0 Å². The molecule has 0 aliphatic carbocycles. The Morgan fingerprint density at radius 2 is 2.00 bits per heavy atom. The highest BCUT2D eigenvalue weighted by molar-refractivity contribution is 4.75. The van der Waals surface area contributed by atoms with Crippen molar-refractivity contribution in [3.05, 3.63) is 12.7 Å². The third kappa shape index (κ3) is 2.31. The van der Waals surface area contributed by atoms with Crippen LogP contribution in [0.2, 0.25) is 0 Å². The zero-order chi connectivity index (χ0) is 5.86. The van der Waals surface area contributed by atoms with Crippen molar-refractivity contribution < 1.29 is 8.78 Å². The van der Waals surface area contributed by atoms with E-state index in [0.717, 1.165) is 0 Å². The zero-order valence-corrected chi connectivity index (χ0v) is 4.20. The topological polar surface area (TPSA) is 0 Å². The Kier molecular flexibility index (Phi) is 2.56. The minimum Gasteiger partial charge on any atom is -0.210 e. The fraction of sp³-hybridized carbons (Fsp3) is 0.600. The van der Waals surface area contributed by atoms with Crippen molar-refractivity contribution in [2.75, 3.05) is 0 Å². The Balaban J connectivity index is 3.33. The fourth-order valence-electron chi connectivity index (χ4n) is 0.103. The molecule has 0 aromatic carbocycles. The maximum absolute atomic E-state index is 11.4. The molecule has 0 unspecified atom stereocenters. The molecule has 0 nitrogen and oxygen atoms in total. The summed E-state index contributed by atoms with van der Waals surface area (Å²) in [6, 6.07) is 0. The molecule has 42 valence electrons. The van der Waals surface area contributed by atoms with Crippen molar-refractivity contribution in [2.45, 2.75) is 13.3 Å². The molecule has 2 heteroatoms. The van der Waals surface area contributed by atoms with E-state index < -0.39 is 12.3 Å². The lowest BCUT2D eigenvalue weighted by Crippen LogP contribution is -2.01. The van der Waals surface area contributed by atoms with Gasteiger partial charge in [0.2, 0.25) is 6.43 Å². The first kappa shape index (κ1) is 6.60. The molecule has 0 spiro atoms. The van der Waals surface area contributed by atoms with Gasteiger partial charge < -0.3 is 0 Å². The van der Waals surface area contributed by atoms with Gasteiger partial charge in [-0.25, -0.2) is 8.78 Å². The van der Waals surface area contributed by atoms with E-state index in [1.165, 1.54) is 13.0 Å². The molecule has 0 heterocycles. The van der Waals surface area contributed by atoms with Gasteiger partial charge in [0.15, 0.2) is 0 Å². The smallest absolute Gasteiger partial charge is 0.210 e. The predicted octanol–water partition coefficient (Wildman–Crippen LogP) is 2.07. The molecule has 0 fully saturated rings. The SMILES string of the molecule is C=C[C@H](C)C(F)F. The molecule has 1 atom stereocenters. The van der Waals surface area contributed by atoms with Crippen LogP contribution in [0.4, 0.5) is 8.78 Å². The largest absolute Gasteiger partial charge is 0.244 e. The number of rotatable bonds is 2. The van der Waals surface area contributed by atoms with Crippen LogP contribution in [0.15, 0.2) is 12.7 Å². The van der Waals surface area contributed by atoms with Crippen molar-refractivity contribution in [3.63, 3.8) is 0 Å². The number of hydrogen-bond donors (Lipinski definition) is 0. The van der Waals surface area contributed by atoms with Gasteiger partial charge in [0, 0.05) is 5.92 Å². The molecule has 0 aliphatic heterocycles. The number of allylic oxidation sites excluding steroid dienone is 1. The van der Waals surface area contributed by atoms with Gasteiger partial charge in [-0.3, -0.25) is 0 Å². The van der Waals surface area contributed by atoms with Crippen molar-refractivity contribution in [3.8, 4) is 0 Å². The molecule has 0 bridgehead atoms. The highest BCUT2D eigenvalue weighted by atomic mass is 19.3. The summed E-state index contributed by atoms with van der Waals surface area (Å²) in [5, 5.41) is 0. The summed E-state index contributed by atoms with van der Waals surface area (Å²) in [5.41, 5.74) is 0. The molecule has 0 aliphatic rings. The summed E-state index contributed by atoms with van der Waals surface area (Å²) >= 11 is 0. The summed E-state index contributed by atoms with van der Waals surface area (Å²) in [6.45, 7) is 4.63. The first-order chi connectivity index (χ1) is 3.18. The van der Waals surface area contributed by atoms with Gasteiger partial charge in [0.1, 0.15) is 0 Å². The van der Waals surface area contributed by atoms with E-state index in [1.807, 2.05) is 0 Å². The lowest BCUT2D eigenvalue weighted by Gasteiger charge is -1.99. The predicted molar refractivity (Wildman–Crippen MR) is 25.4 cm³/mol. The van der Waals surface area contributed by atoms with Gasteiger partial charge in [-0.05, 0) is 0 Å². The second-order valence-corrected chi connectivity index (χ2v) is 1.43. The summed E-state index contributed by atoms with van der Waals surface area (Å²) in [6.07, 6.45) is -1.01. The number of hydrogen-bond acceptors (Lipinski definition) is 0. The quantitative estimate of drug-likeness (QED) is 0.473. The van der Waals surface area contributed by atoms with Crippen molar-refractivity contribution in [2.24, 2.45) is 5.92 Å². The van der Waals surface area contributed by atoms with E-state index in [0.29, 0.717) is 0 Å². The van der Waals surface area contributed by atoms with Crippen molar-refractivity contribution in [1.82, 2.24) is 0 Å². The summed E-state index contributed by atoms with van der Waals surface area (Å²) in [5.74, 6) is -0.667. The van der Waals surface area contributed by atoms with Gasteiger partial charge in [-0.15, -0.1) is 6.58 Å². The normalized spacial score (nSPS) is 14.3. The van der Waals surface area contributed by atoms with Crippen LogP contribution in [0.3, 0.4) is 0 Å². The summed E-state index contributed by atoms with van der Waals surface area (Å²) < 4.78 is 22.7. The van der Waals surface area contributed by atoms with Crippen LogP contribution in [0, 0.1) is 5.92 Å². The van der Waals surface area contributed by atoms with E-state index in [2.05, 4.69) is 6.58 Å². The maximum Gasteiger partial charge on any atom is 0.244 e. The Hall–Kier alpha value is -0.400. The molecule has 0 amide bonds. The molecule has 0 N–H and O–H groups in total. The molecule has 0 saturated heterocycles. The molecule has 7 heavy (non-hydrogen) atoms. The number of halogens is 2. The molecule has 0 radical (unpaired) electrons. The fourth-order valence-corrected chi connectivity index (χ4v) is 0.103. The van der Waals surface area contributed by atoms with E-state index in [4.69, 9.17) is 0 Å². The molecule has 0 aromatic rings. The molecular formula is C5H8F2. The highest BCUT2D eigenvalue weighted by Crippen LogP contribution is 2.07. The minimum absolute atomic E-state index is 0.667. The summed E-state index contributed by atoms with van der Waals surface area (Å²) in [7, 11) is 0. The molecule has 0 aromatic heterocycles. The van der Waals surface area contributed by atoms with Crippen molar-refractivity contribution >= 4 is 0 Å². The first-order valence-corrected chi connectivity index (χ1v) is 2.09. The Morgan fingerprint density at radius 1 is 1.57 bits per heavy atom. The van der Waals surface area contributed by atoms with Crippen LogP contribution in [0.1, 0.15) is 6.92 Å². The van der Waals surface area contributed by atoms with E-state index in [-0.39, 0.29) is 0 Å². The Morgan fingerprint density at radius 3 is 2.00 bits per heavy atom. The lowest BCUT2D eigenvalue weighted by atomic mass is 10.2. The number of alkyl halides is 2.